The van der Waals surface area contributed by atoms with Gasteiger partial charge >= 0.3 is 0 Å². The van der Waals surface area contributed by atoms with Gasteiger partial charge in [0.2, 0.25) is 10.0 Å². The van der Waals surface area contributed by atoms with E-state index in [-0.39, 0.29) is 16.5 Å². The van der Waals surface area contributed by atoms with Crippen LogP contribution in [0.3, 0.4) is 0 Å². The summed E-state index contributed by atoms with van der Waals surface area (Å²) in [5, 5.41) is 9.36. The minimum absolute atomic E-state index is 0.0630. The number of halogens is 1. The highest BCUT2D eigenvalue weighted by molar-refractivity contribution is 7.89. The number of hydrogen-bond acceptors (Lipinski definition) is 4. The van der Waals surface area contributed by atoms with Gasteiger partial charge in [0, 0.05) is 0 Å². The van der Waals surface area contributed by atoms with Crippen LogP contribution in [-0.4, -0.2) is 32.8 Å². The van der Waals surface area contributed by atoms with E-state index in [1.54, 1.807) is 0 Å². The minimum Gasteiger partial charge on any atom is -0.495 e. The lowest BCUT2D eigenvalue weighted by Crippen LogP contribution is -2.39. The predicted octanol–water partition coefficient (Wildman–Crippen LogP) is 1.15. The third-order valence-corrected chi connectivity index (χ3v) is 4.81. The van der Waals surface area contributed by atoms with Gasteiger partial charge in [-0.3, -0.25) is 0 Å². The van der Waals surface area contributed by atoms with Crippen LogP contribution in [0.25, 0.3) is 0 Å². The molecule has 0 amide bonds. The van der Waals surface area contributed by atoms with Gasteiger partial charge < -0.3 is 9.84 Å². The summed E-state index contributed by atoms with van der Waals surface area (Å²) in [5.41, 5.74) is -0.689. The Morgan fingerprint density at radius 2 is 2.17 bits per heavy atom. The van der Waals surface area contributed by atoms with Gasteiger partial charge in [-0.2, -0.15) is 0 Å². The van der Waals surface area contributed by atoms with Gasteiger partial charge in [0.1, 0.15) is 5.75 Å². The molecule has 1 aromatic carbocycles. The second-order valence-electron chi connectivity index (χ2n) is 4.34. The second kappa shape index (κ2) is 4.70. The van der Waals surface area contributed by atoms with E-state index in [1.807, 2.05) is 0 Å². The van der Waals surface area contributed by atoms with E-state index in [2.05, 4.69) is 4.72 Å². The van der Waals surface area contributed by atoms with Crippen LogP contribution < -0.4 is 9.46 Å². The zero-order chi connectivity index (χ0) is 13.4. The maximum absolute atomic E-state index is 12.1. The normalized spacial score (nSPS) is 17.5. The first-order valence-electron chi connectivity index (χ1n) is 5.41. The maximum Gasteiger partial charge on any atom is 0.241 e. The molecular formula is C11H14ClNO4S. The quantitative estimate of drug-likeness (QED) is 0.853. The SMILES string of the molecule is COc1ccc(S(=O)(=O)NC2(CO)CC2)cc1Cl. The lowest BCUT2D eigenvalue weighted by molar-refractivity contribution is 0.246. The molecule has 100 valence electrons. The summed E-state index contributed by atoms with van der Waals surface area (Å²) < 4.78 is 31.6. The Hall–Kier alpha value is -0.820. The Labute approximate surface area is 111 Å². The first kappa shape index (κ1) is 13.6. The summed E-state index contributed by atoms with van der Waals surface area (Å²) in [6.07, 6.45) is 1.29. The molecule has 1 aromatic rings. The lowest BCUT2D eigenvalue weighted by atomic mass is 10.3. The van der Waals surface area contributed by atoms with Crippen molar-refractivity contribution in [3.63, 3.8) is 0 Å². The van der Waals surface area contributed by atoms with Crippen LogP contribution in [0.2, 0.25) is 5.02 Å². The van der Waals surface area contributed by atoms with Gasteiger partial charge in [-0.15, -0.1) is 0 Å². The number of aliphatic hydroxyl groups is 1. The molecule has 0 atom stereocenters. The van der Waals surface area contributed by atoms with Gasteiger partial charge in [-0.05, 0) is 31.0 Å². The summed E-state index contributed by atoms with van der Waals surface area (Å²) in [5.74, 6) is 0.416. The van der Waals surface area contributed by atoms with E-state index in [0.29, 0.717) is 18.6 Å². The molecule has 0 aliphatic heterocycles. The lowest BCUT2D eigenvalue weighted by Gasteiger charge is -2.15. The highest BCUT2D eigenvalue weighted by atomic mass is 35.5. The van der Waals surface area contributed by atoms with Crippen molar-refractivity contribution >= 4 is 21.6 Å². The summed E-state index contributed by atoms with van der Waals surface area (Å²) in [7, 11) is -2.21. The molecule has 18 heavy (non-hydrogen) atoms. The molecule has 0 radical (unpaired) electrons. The topological polar surface area (TPSA) is 75.6 Å². The number of ether oxygens (including phenoxy) is 1. The number of benzene rings is 1. The van der Waals surface area contributed by atoms with Crippen molar-refractivity contribution in [2.75, 3.05) is 13.7 Å². The molecule has 0 aromatic heterocycles. The van der Waals surface area contributed by atoms with Crippen molar-refractivity contribution < 1.29 is 18.3 Å². The van der Waals surface area contributed by atoms with Crippen molar-refractivity contribution in [3.8, 4) is 5.75 Å². The van der Waals surface area contributed by atoms with Crippen LogP contribution in [0.4, 0.5) is 0 Å². The van der Waals surface area contributed by atoms with E-state index in [4.69, 9.17) is 21.4 Å². The van der Waals surface area contributed by atoms with Crippen LogP contribution in [0.15, 0.2) is 23.1 Å². The first-order valence-corrected chi connectivity index (χ1v) is 7.27. The molecule has 1 aliphatic rings. The molecule has 0 spiro atoms. The second-order valence-corrected chi connectivity index (χ2v) is 6.43. The van der Waals surface area contributed by atoms with Crippen molar-refractivity contribution in [2.45, 2.75) is 23.3 Å². The third-order valence-electron chi connectivity index (χ3n) is 2.94. The minimum atomic E-state index is -3.67. The number of hydrogen-bond donors (Lipinski definition) is 2. The smallest absolute Gasteiger partial charge is 0.241 e. The number of methoxy groups -OCH3 is 1. The van der Waals surface area contributed by atoms with E-state index in [1.165, 1.54) is 25.3 Å². The van der Waals surface area contributed by atoms with Crippen LogP contribution in [0.5, 0.6) is 5.75 Å². The number of aliphatic hydroxyl groups excluding tert-OH is 1. The highest BCUT2D eigenvalue weighted by Gasteiger charge is 2.45. The average Bonchev–Trinajstić information content (AvgIpc) is 3.08. The van der Waals surface area contributed by atoms with Gasteiger partial charge in [0.05, 0.1) is 29.2 Å². The van der Waals surface area contributed by atoms with E-state index >= 15 is 0 Å². The zero-order valence-corrected chi connectivity index (χ0v) is 11.4. The fourth-order valence-electron chi connectivity index (χ4n) is 1.60. The van der Waals surface area contributed by atoms with Crippen LogP contribution >= 0.6 is 11.6 Å². The van der Waals surface area contributed by atoms with Crippen molar-refractivity contribution in [1.29, 1.82) is 0 Å². The molecule has 0 unspecified atom stereocenters. The van der Waals surface area contributed by atoms with Gasteiger partial charge in [-0.25, -0.2) is 13.1 Å². The Bertz CT molecular complexity index is 554. The molecule has 2 N–H and O–H groups in total. The summed E-state index contributed by atoms with van der Waals surface area (Å²) >= 11 is 5.89. The summed E-state index contributed by atoms with van der Waals surface area (Å²) in [6.45, 7) is -0.198. The Kier molecular flexibility index (Phi) is 3.55. The number of nitrogens with one attached hydrogen (secondary N) is 1. The van der Waals surface area contributed by atoms with E-state index in [0.717, 1.165) is 0 Å². The van der Waals surface area contributed by atoms with Crippen molar-refractivity contribution in [1.82, 2.24) is 4.72 Å². The molecule has 7 heteroatoms. The standard InChI is InChI=1S/C11H14ClNO4S/c1-17-10-3-2-8(6-9(10)12)18(15,16)13-11(7-14)4-5-11/h2-3,6,13-14H,4-5,7H2,1H3. The Morgan fingerprint density at radius 1 is 1.50 bits per heavy atom. The molecule has 5 nitrogen and oxygen atoms in total. The Morgan fingerprint density at radius 3 is 2.61 bits per heavy atom. The molecule has 1 aliphatic carbocycles. The van der Waals surface area contributed by atoms with E-state index in [9.17, 15) is 8.42 Å². The number of sulfonamides is 1. The molecule has 1 fully saturated rings. The largest absolute Gasteiger partial charge is 0.495 e. The average molecular weight is 292 g/mol. The van der Waals surface area contributed by atoms with Gasteiger partial charge in [-0.1, -0.05) is 11.6 Å². The van der Waals surface area contributed by atoms with Crippen LogP contribution in [-0.2, 0) is 10.0 Å². The fraction of sp³-hybridized carbons (Fsp3) is 0.455. The molecule has 0 saturated heterocycles. The summed E-state index contributed by atoms with van der Waals surface area (Å²) in [4.78, 5) is 0.0630. The Balaban J connectivity index is 2.27. The zero-order valence-electron chi connectivity index (χ0n) is 9.81. The molecule has 1 saturated carbocycles. The molecule has 0 heterocycles. The monoisotopic (exact) mass is 291 g/mol. The maximum atomic E-state index is 12.1. The van der Waals surface area contributed by atoms with Crippen LogP contribution in [0.1, 0.15) is 12.8 Å². The van der Waals surface area contributed by atoms with Gasteiger partial charge in [0.25, 0.3) is 0 Å². The van der Waals surface area contributed by atoms with Crippen LogP contribution in [0, 0.1) is 0 Å². The predicted molar refractivity (Wildman–Crippen MR) is 67.4 cm³/mol. The fourth-order valence-corrected chi connectivity index (χ4v) is 3.40. The highest BCUT2D eigenvalue weighted by Crippen LogP contribution is 2.36. The summed E-state index contributed by atoms with van der Waals surface area (Å²) in [6, 6.07) is 4.24. The molecular weight excluding hydrogens is 278 g/mol. The molecule has 2 rings (SSSR count). The first-order chi connectivity index (χ1) is 8.42. The molecule has 0 bridgehead atoms. The number of rotatable bonds is 5. The third kappa shape index (κ3) is 2.61. The van der Waals surface area contributed by atoms with E-state index < -0.39 is 15.6 Å². The van der Waals surface area contributed by atoms with Gasteiger partial charge in [0.15, 0.2) is 0 Å². The van der Waals surface area contributed by atoms with Crippen molar-refractivity contribution in [2.24, 2.45) is 0 Å². The van der Waals surface area contributed by atoms with Crippen molar-refractivity contribution in [3.05, 3.63) is 23.2 Å².